The largest absolute Gasteiger partial charge is 0.374 e. The zero-order valence-electron chi connectivity index (χ0n) is 12.7. The third-order valence-electron chi connectivity index (χ3n) is 3.90. The predicted molar refractivity (Wildman–Crippen MR) is 76.4 cm³/mol. The second-order valence-electron chi connectivity index (χ2n) is 6.06. The van der Waals surface area contributed by atoms with Gasteiger partial charge in [-0.3, -0.25) is 9.69 Å². The Labute approximate surface area is 121 Å². The lowest BCUT2D eigenvalue weighted by atomic mass is 10.1. The first-order valence-electron chi connectivity index (χ1n) is 7.48. The summed E-state index contributed by atoms with van der Waals surface area (Å²) in [6.45, 7) is 9.97. The molecule has 2 aliphatic rings. The predicted octanol–water partition coefficient (Wildman–Crippen LogP) is -0.330. The number of carbonyl (C=O) groups excluding carboxylic acids is 1. The monoisotopic (exact) mass is 285 g/mol. The van der Waals surface area contributed by atoms with Crippen LogP contribution in [0.3, 0.4) is 0 Å². The van der Waals surface area contributed by atoms with E-state index in [4.69, 9.17) is 15.2 Å². The first kappa shape index (κ1) is 15.7. The number of carbonyl (C=O) groups is 1. The van der Waals surface area contributed by atoms with Crippen LogP contribution in [0.2, 0.25) is 0 Å². The second-order valence-corrected chi connectivity index (χ2v) is 6.06. The van der Waals surface area contributed by atoms with Gasteiger partial charge in [-0.2, -0.15) is 0 Å². The zero-order valence-corrected chi connectivity index (χ0v) is 12.7. The fraction of sp³-hybridized carbons (Fsp3) is 0.929. The summed E-state index contributed by atoms with van der Waals surface area (Å²) in [4.78, 5) is 16.4. The van der Waals surface area contributed by atoms with Crippen molar-refractivity contribution in [3.05, 3.63) is 0 Å². The van der Waals surface area contributed by atoms with Gasteiger partial charge < -0.3 is 20.1 Å². The average Bonchev–Trinajstić information content (AvgIpc) is 2.37. The molecule has 2 saturated heterocycles. The van der Waals surface area contributed by atoms with Crippen LogP contribution in [-0.4, -0.2) is 79.4 Å². The molecule has 0 spiro atoms. The average molecular weight is 285 g/mol. The zero-order chi connectivity index (χ0) is 14.7. The maximum absolute atomic E-state index is 12.4. The van der Waals surface area contributed by atoms with Crippen LogP contribution >= 0.6 is 0 Å². The smallest absolute Gasteiger partial charge is 0.236 e. The van der Waals surface area contributed by atoms with Crippen LogP contribution in [0.25, 0.3) is 0 Å². The van der Waals surface area contributed by atoms with E-state index in [0.29, 0.717) is 26.2 Å². The number of hydrogen-bond donors (Lipinski definition) is 1. The van der Waals surface area contributed by atoms with Gasteiger partial charge in [0.25, 0.3) is 0 Å². The summed E-state index contributed by atoms with van der Waals surface area (Å²) in [7, 11) is 0. The fourth-order valence-corrected chi connectivity index (χ4v) is 2.87. The van der Waals surface area contributed by atoms with E-state index in [1.807, 2.05) is 25.7 Å². The Morgan fingerprint density at radius 2 is 1.95 bits per heavy atom. The molecule has 6 nitrogen and oxygen atoms in total. The molecule has 20 heavy (non-hydrogen) atoms. The van der Waals surface area contributed by atoms with Crippen LogP contribution in [0, 0.1) is 0 Å². The molecule has 0 aromatic rings. The van der Waals surface area contributed by atoms with Gasteiger partial charge in [0.2, 0.25) is 5.91 Å². The molecule has 0 radical (unpaired) electrons. The molecule has 2 fully saturated rings. The van der Waals surface area contributed by atoms with Gasteiger partial charge in [0.05, 0.1) is 31.5 Å². The minimum atomic E-state index is -0.00340. The molecule has 2 aliphatic heterocycles. The van der Waals surface area contributed by atoms with Crippen molar-refractivity contribution in [1.82, 2.24) is 9.80 Å². The van der Waals surface area contributed by atoms with E-state index in [1.54, 1.807) is 0 Å². The highest BCUT2D eigenvalue weighted by atomic mass is 16.5. The van der Waals surface area contributed by atoms with E-state index in [2.05, 4.69) is 4.90 Å². The Morgan fingerprint density at radius 3 is 2.55 bits per heavy atom. The second kappa shape index (κ2) is 6.85. The highest BCUT2D eigenvalue weighted by Crippen LogP contribution is 2.13. The van der Waals surface area contributed by atoms with Crippen molar-refractivity contribution in [3.63, 3.8) is 0 Å². The molecule has 4 unspecified atom stereocenters. The molecule has 116 valence electrons. The minimum absolute atomic E-state index is 0.00340. The van der Waals surface area contributed by atoms with Gasteiger partial charge in [-0.05, 0) is 20.8 Å². The summed E-state index contributed by atoms with van der Waals surface area (Å²) in [5, 5.41) is 0. The third-order valence-corrected chi connectivity index (χ3v) is 3.90. The van der Waals surface area contributed by atoms with Crippen LogP contribution in [-0.2, 0) is 14.3 Å². The van der Waals surface area contributed by atoms with Crippen molar-refractivity contribution in [3.8, 4) is 0 Å². The van der Waals surface area contributed by atoms with Crippen molar-refractivity contribution >= 4 is 5.91 Å². The van der Waals surface area contributed by atoms with Crippen LogP contribution in [0.4, 0.5) is 0 Å². The van der Waals surface area contributed by atoms with Crippen molar-refractivity contribution in [2.45, 2.75) is 45.1 Å². The Morgan fingerprint density at radius 1 is 1.30 bits per heavy atom. The molecular formula is C14H27N3O3. The lowest BCUT2D eigenvalue weighted by Gasteiger charge is -2.38. The summed E-state index contributed by atoms with van der Waals surface area (Å²) >= 11 is 0. The summed E-state index contributed by atoms with van der Waals surface area (Å²) < 4.78 is 11.3. The Kier molecular flexibility index (Phi) is 5.37. The number of rotatable bonds is 3. The maximum atomic E-state index is 12.4. The summed E-state index contributed by atoms with van der Waals surface area (Å²) in [5.74, 6) is 0.178. The van der Waals surface area contributed by atoms with Crippen LogP contribution in [0.15, 0.2) is 0 Å². The van der Waals surface area contributed by atoms with Gasteiger partial charge in [-0.25, -0.2) is 0 Å². The highest BCUT2D eigenvalue weighted by molar-refractivity contribution is 5.78. The quantitative estimate of drug-likeness (QED) is 0.769. The molecule has 0 bridgehead atoms. The molecule has 1 amide bonds. The van der Waals surface area contributed by atoms with Gasteiger partial charge in [0, 0.05) is 32.2 Å². The number of amides is 1. The molecule has 6 heteroatoms. The molecule has 2 rings (SSSR count). The first-order chi connectivity index (χ1) is 9.45. The number of ether oxygens (including phenoxy) is 2. The van der Waals surface area contributed by atoms with Gasteiger partial charge in [-0.1, -0.05) is 0 Å². The number of morpholine rings is 2. The van der Waals surface area contributed by atoms with E-state index in [-0.39, 0.29) is 30.3 Å². The molecule has 2 heterocycles. The molecule has 0 aromatic carbocycles. The number of nitrogens with two attached hydrogens (primary N) is 1. The van der Waals surface area contributed by atoms with Gasteiger partial charge >= 0.3 is 0 Å². The SMILES string of the molecule is CC1CN(C(=O)CN2CCOC(C(C)N)C2)CC(C)O1. The van der Waals surface area contributed by atoms with Crippen molar-refractivity contribution < 1.29 is 14.3 Å². The van der Waals surface area contributed by atoms with E-state index < -0.39 is 0 Å². The van der Waals surface area contributed by atoms with Crippen molar-refractivity contribution in [1.29, 1.82) is 0 Å². The summed E-state index contributed by atoms with van der Waals surface area (Å²) in [5.41, 5.74) is 5.88. The summed E-state index contributed by atoms with van der Waals surface area (Å²) in [6, 6.07) is -0.00340. The van der Waals surface area contributed by atoms with Gasteiger partial charge in [0.15, 0.2) is 0 Å². The Balaban J connectivity index is 1.84. The van der Waals surface area contributed by atoms with E-state index in [1.165, 1.54) is 0 Å². The summed E-state index contributed by atoms with van der Waals surface area (Å²) in [6.07, 6.45) is 0.257. The lowest BCUT2D eigenvalue weighted by molar-refractivity contribution is -0.146. The molecule has 0 aromatic heterocycles. The molecule has 2 N–H and O–H groups in total. The van der Waals surface area contributed by atoms with Crippen LogP contribution in [0.5, 0.6) is 0 Å². The maximum Gasteiger partial charge on any atom is 0.236 e. The highest BCUT2D eigenvalue weighted by Gasteiger charge is 2.29. The molecule has 0 saturated carbocycles. The molecule has 4 atom stereocenters. The standard InChI is InChI=1S/C14H27N3O3/c1-10-6-17(7-11(2)20-10)14(18)9-16-4-5-19-13(8-16)12(3)15/h10-13H,4-9,15H2,1-3H3. The van der Waals surface area contributed by atoms with E-state index in [9.17, 15) is 4.79 Å². The van der Waals surface area contributed by atoms with Crippen LogP contribution in [0.1, 0.15) is 20.8 Å². The van der Waals surface area contributed by atoms with Crippen molar-refractivity contribution in [2.24, 2.45) is 5.73 Å². The number of nitrogens with zero attached hydrogens (tertiary/aromatic N) is 2. The van der Waals surface area contributed by atoms with Gasteiger partial charge in [0.1, 0.15) is 0 Å². The Hall–Kier alpha value is -0.690. The van der Waals surface area contributed by atoms with Gasteiger partial charge in [-0.15, -0.1) is 0 Å². The fourth-order valence-electron chi connectivity index (χ4n) is 2.87. The van der Waals surface area contributed by atoms with Crippen LogP contribution < -0.4 is 5.73 Å². The van der Waals surface area contributed by atoms with Crippen molar-refractivity contribution in [2.75, 3.05) is 39.3 Å². The third kappa shape index (κ3) is 4.15. The van der Waals surface area contributed by atoms with E-state index in [0.717, 1.165) is 13.1 Å². The number of hydrogen-bond acceptors (Lipinski definition) is 5. The normalized spacial score (nSPS) is 34.0. The molecular weight excluding hydrogens is 258 g/mol. The topological polar surface area (TPSA) is 68.0 Å². The first-order valence-corrected chi connectivity index (χ1v) is 7.48. The molecule has 0 aliphatic carbocycles. The lowest BCUT2D eigenvalue weighted by Crippen LogP contribution is -2.54. The minimum Gasteiger partial charge on any atom is -0.374 e. The van der Waals surface area contributed by atoms with E-state index >= 15 is 0 Å². The Bertz CT molecular complexity index is 328.